The fourth-order valence-electron chi connectivity index (χ4n) is 7.17. The van der Waals surface area contributed by atoms with E-state index in [4.69, 9.17) is 9.47 Å². The molecule has 4 aliphatic rings. The van der Waals surface area contributed by atoms with Gasteiger partial charge in [0.15, 0.2) is 5.78 Å². The zero-order valence-electron chi connectivity index (χ0n) is 17.7. The minimum Gasteiger partial charge on any atom is -0.478 e. The van der Waals surface area contributed by atoms with Crippen molar-refractivity contribution >= 4 is 17.9 Å². The van der Waals surface area contributed by atoms with Gasteiger partial charge in [0, 0.05) is 16.7 Å². The molecule has 0 amide bonds. The van der Waals surface area contributed by atoms with Gasteiger partial charge in [0.25, 0.3) is 0 Å². The highest BCUT2D eigenvalue weighted by atomic mass is 16.7. The molecule has 2 N–H and O–H groups in total. The van der Waals surface area contributed by atoms with Crippen molar-refractivity contribution in [2.24, 2.45) is 28.6 Å². The maximum atomic E-state index is 12.4. The van der Waals surface area contributed by atoms with Crippen LogP contribution in [0.3, 0.4) is 0 Å². The third kappa shape index (κ3) is 2.70. The molecule has 0 aliphatic heterocycles. The summed E-state index contributed by atoms with van der Waals surface area (Å²) in [5, 5.41) is 21.5. The molecule has 4 rings (SSSR count). The Kier molecular flexibility index (Phi) is 4.88. The molecule has 0 bridgehead atoms. The molecule has 0 saturated heterocycles. The quantitative estimate of drug-likeness (QED) is 0.677. The lowest BCUT2D eigenvalue weighted by molar-refractivity contribution is -0.196. The topological polar surface area (TPSA) is 110 Å². The highest BCUT2D eigenvalue weighted by Crippen LogP contribution is 2.67. The maximum Gasteiger partial charge on any atom is 0.509 e. The van der Waals surface area contributed by atoms with Crippen molar-refractivity contribution in [3.63, 3.8) is 0 Å². The molecular formula is C23H30O7. The average molecular weight is 418 g/mol. The van der Waals surface area contributed by atoms with Crippen LogP contribution < -0.4 is 0 Å². The van der Waals surface area contributed by atoms with E-state index in [1.165, 1.54) is 0 Å². The molecule has 7 nitrogen and oxygen atoms in total. The average Bonchev–Trinajstić information content (AvgIpc) is 2.95. The molecule has 0 aromatic carbocycles. The lowest BCUT2D eigenvalue weighted by atomic mass is 9.46. The van der Waals surface area contributed by atoms with Crippen LogP contribution in [-0.2, 0) is 19.1 Å². The number of ketones is 1. The first-order valence-corrected chi connectivity index (χ1v) is 10.8. The van der Waals surface area contributed by atoms with Gasteiger partial charge in [-0.05, 0) is 63.0 Å². The van der Waals surface area contributed by atoms with E-state index < -0.39 is 34.7 Å². The fraction of sp³-hybridized carbons (Fsp3) is 0.696. The molecular weight excluding hydrogens is 388 g/mol. The van der Waals surface area contributed by atoms with Crippen LogP contribution in [0.5, 0.6) is 0 Å². The van der Waals surface area contributed by atoms with Gasteiger partial charge in [-0.3, -0.25) is 4.79 Å². The zero-order valence-corrected chi connectivity index (χ0v) is 17.7. The molecule has 0 aromatic rings. The monoisotopic (exact) mass is 418 g/mol. The first-order valence-electron chi connectivity index (χ1n) is 10.8. The summed E-state index contributed by atoms with van der Waals surface area (Å²) < 4.78 is 10.4. The summed E-state index contributed by atoms with van der Waals surface area (Å²) in [6.07, 6.45) is 5.98. The molecule has 3 saturated carbocycles. The summed E-state index contributed by atoms with van der Waals surface area (Å²) >= 11 is 0. The summed E-state index contributed by atoms with van der Waals surface area (Å²) in [6, 6.07) is 0. The molecule has 7 atom stereocenters. The molecule has 7 heteroatoms. The number of carboxylic acids is 1. The van der Waals surface area contributed by atoms with Crippen molar-refractivity contribution < 1.29 is 34.1 Å². The number of carboxylic acid groups (broad SMARTS) is 1. The van der Waals surface area contributed by atoms with Crippen molar-refractivity contribution in [2.45, 2.75) is 64.6 Å². The second-order valence-corrected chi connectivity index (χ2v) is 9.67. The summed E-state index contributed by atoms with van der Waals surface area (Å²) in [7, 11) is 0. The minimum atomic E-state index is -1.72. The Labute approximate surface area is 176 Å². The fourth-order valence-corrected chi connectivity index (χ4v) is 7.17. The Morgan fingerprint density at radius 3 is 2.67 bits per heavy atom. The number of carbonyl (C=O) groups is 3. The molecule has 0 radical (unpaired) electrons. The van der Waals surface area contributed by atoms with Gasteiger partial charge in [0.05, 0.1) is 12.7 Å². The van der Waals surface area contributed by atoms with Crippen molar-refractivity contribution in [2.75, 3.05) is 6.61 Å². The summed E-state index contributed by atoms with van der Waals surface area (Å²) in [6.45, 7) is 5.64. The summed E-state index contributed by atoms with van der Waals surface area (Å²) in [5.74, 6) is -1.25. The third-order valence-electron chi connectivity index (χ3n) is 8.48. The molecule has 0 heterocycles. The molecule has 30 heavy (non-hydrogen) atoms. The van der Waals surface area contributed by atoms with Crippen LogP contribution in [0.2, 0.25) is 0 Å². The van der Waals surface area contributed by atoms with Crippen molar-refractivity contribution in [3.8, 4) is 0 Å². The van der Waals surface area contributed by atoms with Gasteiger partial charge in [0.1, 0.15) is 0 Å². The van der Waals surface area contributed by atoms with Gasteiger partial charge in [-0.2, -0.15) is 0 Å². The first-order chi connectivity index (χ1) is 14.1. The number of fused-ring (bicyclic) bond motifs is 5. The number of aliphatic carboxylic acids is 1. The van der Waals surface area contributed by atoms with Crippen LogP contribution >= 0.6 is 0 Å². The van der Waals surface area contributed by atoms with E-state index >= 15 is 0 Å². The van der Waals surface area contributed by atoms with E-state index in [1.54, 1.807) is 19.1 Å². The van der Waals surface area contributed by atoms with Gasteiger partial charge >= 0.3 is 12.1 Å². The standard InChI is InChI=1S/C23H30O7/c1-4-29-20(28)30-23(19(26)27)10-8-16-15-6-5-13-11-14(24)7-9-21(13,2)18(15)17(25)12-22(16,23)3/h7,9,11,15-18,25H,4-6,8,10,12H2,1-3H3,(H,26,27). The van der Waals surface area contributed by atoms with Crippen molar-refractivity contribution in [1.82, 2.24) is 0 Å². The van der Waals surface area contributed by atoms with Crippen LogP contribution in [0.15, 0.2) is 23.8 Å². The molecule has 4 aliphatic carbocycles. The normalized spacial score (nSPS) is 44.4. The van der Waals surface area contributed by atoms with Gasteiger partial charge in [0.2, 0.25) is 5.60 Å². The Hall–Kier alpha value is -2.15. The van der Waals surface area contributed by atoms with Crippen molar-refractivity contribution in [1.29, 1.82) is 0 Å². The van der Waals surface area contributed by atoms with Crippen LogP contribution in [0, 0.1) is 28.6 Å². The first kappa shape index (κ1) is 21.1. The van der Waals surface area contributed by atoms with E-state index in [0.717, 1.165) is 18.4 Å². The number of aliphatic hydroxyl groups excluding tert-OH is 1. The highest BCUT2D eigenvalue weighted by molar-refractivity contribution is 6.01. The van der Waals surface area contributed by atoms with Gasteiger partial charge in [-0.15, -0.1) is 0 Å². The van der Waals surface area contributed by atoms with Crippen LogP contribution in [0.1, 0.15) is 52.9 Å². The van der Waals surface area contributed by atoms with E-state index in [1.807, 2.05) is 13.0 Å². The largest absolute Gasteiger partial charge is 0.509 e. The second-order valence-electron chi connectivity index (χ2n) is 9.67. The lowest BCUT2D eigenvalue weighted by Gasteiger charge is -2.59. The van der Waals surface area contributed by atoms with Gasteiger partial charge < -0.3 is 19.7 Å². The van der Waals surface area contributed by atoms with E-state index in [-0.39, 0.29) is 43.0 Å². The van der Waals surface area contributed by atoms with E-state index in [0.29, 0.717) is 6.42 Å². The molecule has 0 aromatic heterocycles. The molecule has 3 fully saturated rings. The second kappa shape index (κ2) is 6.94. The van der Waals surface area contributed by atoms with Crippen LogP contribution in [-0.4, -0.2) is 46.4 Å². The third-order valence-corrected chi connectivity index (χ3v) is 8.48. The number of allylic oxidation sites excluding steroid dienone is 4. The Balaban J connectivity index is 1.72. The number of hydrogen-bond acceptors (Lipinski definition) is 6. The van der Waals surface area contributed by atoms with Gasteiger partial charge in [-0.1, -0.05) is 25.5 Å². The number of aliphatic hydroxyl groups is 1. The van der Waals surface area contributed by atoms with E-state index in [2.05, 4.69) is 6.92 Å². The summed E-state index contributed by atoms with van der Waals surface area (Å²) in [5.41, 5.74) is -2.00. The Morgan fingerprint density at radius 2 is 2.00 bits per heavy atom. The number of hydrogen-bond donors (Lipinski definition) is 2. The summed E-state index contributed by atoms with van der Waals surface area (Å²) in [4.78, 5) is 36.5. The molecule has 0 spiro atoms. The predicted molar refractivity (Wildman–Crippen MR) is 106 cm³/mol. The van der Waals surface area contributed by atoms with Gasteiger partial charge in [-0.25, -0.2) is 9.59 Å². The molecule has 7 unspecified atom stereocenters. The number of rotatable bonds is 3. The number of ether oxygens (including phenoxy) is 2. The smallest absolute Gasteiger partial charge is 0.478 e. The van der Waals surface area contributed by atoms with Crippen LogP contribution in [0.4, 0.5) is 4.79 Å². The van der Waals surface area contributed by atoms with Crippen molar-refractivity contribution in [3.05, 3.63) is 23.8 Å². The Bertz CT molecular complexity index is 844. The zero-order chi connectivity index (χ0) is 21.9. The predicted octanol–water partition coefficient (Wildman–Crippen LogP) is 3.26. The maximum absolute atomic E-state index is 12.4. The highest BCUT2D eigenvalue weighted by Gasteiger charge is 2.71. The van der Waals surface area contributed by atoms with E-state index in [9.17, 15) is 24.6 Å². The SMILES string of the molecule is CCOC(=O)OC1(C(=O)O)CCC2C3CCC4=CC(=O)C=CC4(C)C3C(O)CC21C. The Morgan fingerprint density at radius 1 is 1.27 bits per heavy atom. The number of carbonyl (C=O) groups excluding carboxylic acids is 2. The lowest BCUT2D eigenvalue weighted by Crippen LogP contribution is -2.62. The molecule has 164 valence electrons. The minimum absolute atomic E-state index is 0.0131. The van der Waals surface area contributed by atoms with Crippen LogP contribution in [0.25, 0.3) is 0 Å².